The summed E-state index contributed by atoms with van der Waals surface area (Å²) in [6.07, 6.45) is 11.2. The van der Waals surface area contributed by atoms with E-state index in [9.17, 15) is 28.8 Å². The van der Waals surface area contributed by atoms with Crippen molar-refractivity contribution in [1.82, 2.24) is 0 Å². The number of Topliss-reactive ketones (excluding diaryl/α,β-unsaturated/α-hetero) is 2. The Labute approximate surface area is 311 Å². The zero-order valence-electron chi connectivity index (χ0n) is 34.2. The van der Waals surface area contributed by atoms with Crippen molar-refractivity contribution in [3.63, 3.8) is 0 Å². The molecule has 4 fully saturated rings. The molecule has 0 spiro atoms. The Balaban J connectivity index is 0.000000280. The molecule has 292 valence electrons. The molecule has 0 aromatic heterocycles. The maximum Gasteiger partial charge on any atom is 0.351 e. The lowest BCUT2D eigenvalue weighted by Gasteiger charge is -2.35. The van der Waals surface area contributed by atoms with Crippen molar-refractivity contribution in [3.8, 4) is 0 Å². The number of carbonyl (C=O) groups excluding carboxylic acids is 6. The Kier molecular flexibility index (Phi) is 12.0. The molecule has 4 aliphatic rings. The monoisotopic (exact) mass is 728 g/mol. The molecule has 4 bridgehead atoms. The molecule has 10 nitrogen and oxygen atoms in total. The number of esters is 4. The zero-order valence-corrected chi connectivity index (χ0v) is 34.2. The van der Waals surface area contributed by atoms with Gasteiger partial charge in [-0.2, -0.15) is 0 Å². The molecular formula is C42H64O10. The van der Waals surface area contributed by atoms with Gasteiger partial charge in [-0.15, -0.1) is 0 Å². The average molecular weight is 729 g/mol. The maximum absolute atomic E-state index is 12.9. The van der Waals surface area contributed by atoms with Gasteiger partial charge in [-0.05, 0) is 105 Å². The second-order valence-electron chi connectivity index (χ2n) is 17.1. The first-order valence-electron chi connectivity index (χ1n) is 19.1. The minimum absolute atomic E-state index is 0.105. The number of ether oxygens (including phenoxy) is 4. The largest absolute Gasteiger partial charge is 0.455 e. The summed E-state index contributed by atoms with van der Waals surface area (Å²) in [6.45, 7) is 26.0. The molecule has 4 rings (SSSR count). The van der Waals surface area contributed by atoms with Crippen LogP contribution in [0.15, 0.2) is 24.3 Å². The first-order chi connectivity index (χ1) is 23.8. The molecule has 0 aromatic carbocycles. The minimum Gasteiger partial charge on any atom is -0.455 e. The van der Waals surface area contributed by atoms with Crippen LogP contribution in [0.25, 0.3) is 0 Å². The third-order valence-electron chi connectivity index (χ3n) is 14.7. The molecule has 0 radical (unpaired) electrons. The first kappa shape index (κ1) is 43.1. The van der Waals surface area contributed by atoms with Gasteiger partial charge in [-0.3, -0.25) is 19.2 Å². The Bertz CT molecular complexity index is 1400. The maximum atomic E-state index is 12.9. The standard InChI is InChI=1S/2C21H32O5/c2*1-8-20(9-2,15(4)22)11-10-14(3)25-17(24)21-13-12-19(7,16(23)26-21)18(21,5)6/h2*10-11,14H,8-9,12-13H2,1-7H3/b2*11-10+/t2*14-,19+,21-/m11/s1. The van der Waals surface area contributed by atoms with E-state index in [2.05, 4.69) is 0 Å². The molecule has 0 aromatic rings. The van der Waals surface area contributed by atoms with Crippen molar-refractivity contribution in [1.29, 1.82) is 0 Å². The van der Waals surface area contributed by atoms with Gasteiger partial charge in [0.25, 0.3) is 0 Å². The van der Waals surface area contributed by atoms with Gasteiger partial charge < -0.3 is 18.9 Å². The predicted molar refractivity (Wildman–Crippen MR) is 197 cm³/mol. The highest BCUT2D eigenvalue weighted by Crippen LogP contribution is 2.67. The smallest absolute Gasteiger partial charge is 0.351 e. The Morgan fingerprint density at radius 3 is 1.10 bits per heavy atom. The SMILES string of the molecule is CCC(/C=C/[C@@H](C)OC(=O)[C@@]12CC[C@@](C)(C(=O)O1)C2(C)C)(CC)C(C)=O.CCC(/C=C/[C@@H](C)OC(=O)[C@@]12CC[C@@](C)(C(=O)O1)C2(C)C)(CC)C(C)=O. The third-order valence-corrected chi connectivity index (χ3v) is 14.7. The number of carbonyl (C=O) groups is 6. The van der Waals surface area contributed by atoms with Gasteiger partial charge in [0.05, 0.1) is 10.8 Å². The number of hydrogen-bond acceptors (Lipinski definition) is 10. The van der Waals surface area contributed by atoms with Gasteiger partial charge in [0.2, 0.25) is 11.2 Å². The van der Waals surface area contributed by atoms with Crippen LogP contribution in [0.4, 0.5) is 0 Å². The molecule has 2 aliphatic carbocycles. The molecular weight excluding hydrogens is 664 g/mol. The molecule has 2 saturated carbocycles. The Morgan fingerprint density at radius 1 is 0.615 bits per heavy atom. The van der Waals surface area contributed by atoms with Crippen LogP contribution < -0.4 is 0 Å². The van der Waals surface area contributed by atoms with Crippen molar-refractivity contribution < 1.29 is 47.7 Å². The number of allylic oxidation sites excluding steroid dienone is 2. The summed E-state index contributed by atoms with van der Waals surface area (Å²) >= 11 is 0. The predicted octanol–water partition coefficient (Wildman–Crippen LogP) is 7.98. The van der Waals surface area contributed by atoms with Crippen LogP contribution in [0, 0.1) is 32.5 Å². The molecule has 52 heavy (non-hydrogen) atoms. The highest BCUT2D eigenvalue weighted by Gasteiger charge is 2.77. The van der Waals surface area contributed by atoms with E-state index in [1.54, 1.807) is 39.8 Å². The van der Waals surface area contributed by atoms with E-state index in [0.29, 0.717) is 51.4 Å². The zero-order chi connectivity index (χ0) is 39.9. The van der Waals surface area contributed by atoms with E-state index < -0.39 is 67.8 Å². The summed E-state index contributed by atoms with van der Waals surface area (Å²) in [6, 6.07) is 0. The fraction of sp³-hybridized carbons (Fsp3) is 0.762. The first-order valence-corrected chi connectivity index (χ1v) is 19.1. The molecule has 2 aliphatic heterocycles. The van der Waals surface area contributed by atoms with Gasteiger partial charge in [-0.25, -0.2) is 9.59 Å². The number of ketones is 2. The summed E-state index contributed by atoms with van der Waals surface area (Å²) in [7, 11) is 0. The average Bonchev–Trinajstić information content (AvgIpc) is 3.54. The lowest BCUT2D eigenvalue weighted by Crippen LogP contribution is -2.49. The van der Waals surface area contributed by atoms with Crippen LogP contribution in [0.3, 0.4) is 0 Å². The quantitative estimate of drug-likeness (QED) is 0.0983. The van der Waals surface area contributed by atoms with E-state index in [1.807, 2.05) is 81.4 Å². The topological polar surface area (TPSA) is 139 Å². The fourth-order valence-electron chi connectivity index (χ4n) is 8.85. The van der Waals surface area contributed by atoms with Crippen molar-refractivity contribution >= 4 is 35.4 Å². The highest BCUT2D eigenvalue weighted by atomic mass is 16.6. The van der Waals surface area contributed by atoms with Crippen LogP contribution in [-0.4, -0.2) is 58.9 Å². The highest BCUT2D eigenvalue weighted by molar-refractivity contribution is 5.94. The van der Waals surface area contributed by atoms with Crippen LogP contribution in [0.1, 0.15) is 148 Å². The van der Waals surface area contributed by atoms with Crippen LogP contribution in [-0.2, 0) is 47.7 Å². The molecule has 0 N–H and O–H groups in total. The van der Waals surface area contributed by atoms with E-state index in [0.717, 1.165) is 0 Å². The van der Waals surface area contributed by atoms with E-state index in [4.69, 9.17) is 18.9 Å². The lowest BCUT2D eigenvalue weighted by atomic mass is 9.66. The van der Waals surface area contributed by atoms with Crippen molar-refractivity contribution in [2.75, 3.05) is 0 Å². The summed E-state index contributed by atoms with van der Waals surface area (Å²) < 4.78 is 22.4. The van der Waals surface area contributed by atoms with Crippen molar-refractivity contribution in [2.45, 2.75) is 172 Å². The molecule has 10 heteroatoms. The number of hydrogen-bond donors (Lipinski definition) is 0. The Hall–Kier alpha value is -3.30. The summed E-state index contributed by atoms with van der Waals surface area (Å²) in [5.41, 5.74) is -6.02. The van der Waals surface area contributed by atoms with Crippen LogP contribution >= 0.6 is 0 Å². The lowest BCUT2D eigenvalue weighted by molar-refractivity contribution is -0.185. The molecule has 2 saturated heterocycles. The van der Waals surface area contributed by atoms with Gasteiger partial charge in [0.15, 0.2) is 0 Å². The van der Waals surface area contributed by atoms with E-state index in [-0.39, 0.29) is 23.5 Å². The normalized spacial score (nSPS) is 31.1. The molecule has 2 heterocycles. The summed E-state index contributed by atoms with van der Waals surface area (Å²) in [5.74, 6) is -1.41. The molecule has 0 amide bonds. The van der Waals surface area contributed by atoms with Gasteiger partial charge in [0.1, 0.15) is 23.8 Å². The second-order valence-corrected chi connectivity index (χ2v) is 17.1. The Morgan fingerprint density at radius 2 is 0.904 bits per heavy atom. The number of fused-ring (bicyclic) bond motifs is 4. The molecule has 0 unspecified atom stereocenters. The minimum atomic E-state index is -1.21. The van der Waals surface area contributed by atoms with Crippen molar-refractivity contribution in [3.05, 3.63) is 24.3 Å². The molecule has 6 atom stereocenters. The van der Waals surface area contributed by atoms with Gasteiger partial charge in [-0.1, -0.05) is 67.5 Å². The van der Waals surface area contributed by atoms with E-state index >= 15 is 0 Å². The number of rotatable bonds is 14. The van der Waals surface area contributed by atoms with E-state index in [1.165, 1.54) is 0 Å². The van der Waals surface area contributed by atoms with Crippen LogP contribution in [0.2, 0.25) is 0 Å². The van der Waals surface area contributed by atoms with Crippen LogP contribution in [0.5, 0.6) is 0 Å². The van der Waals surface area contributed by atoms with Crippen molar-refractivity contribution in [2.24, 2.45) is 32.5 Å². The van der Waals surface area contributed by atoms with Gasteiger partial charge >= 0.3 is 23.9 Å². The second kappa shape index (κ2) is 14.5. The van der Waals surface area contributed by atoms with Gasteiger partial charge in [0, 0.05) is 21.7 Å². The fourth-order valence-corrected chi connectivity index (χ4v) is 8.85. The summed E-state index contributed by atoms with van der Waals surface area (Å²) in [5, 5.41) is 0. The third kappa shape index (κ3) is 6.27. The summed E-state index contributed by atoms with van der Waals surface area (Å²) in [4.78, 5) is 74.5.